The van der Waals surface area contributed by atoms with Gasteiger partial charge in [-0.3, -0.25) is 14.5 Å². The van der Waals surface area contributed by atoms with E-state index in [-0.39, 0.29) is 30.8 Å². The van der Waals surface area contributed by atoms with Crippen molar-refractivity contribution in [3.63, 3.8) is 0 Å². The van der Waals surface area contributed by atoms with Gasteiger partial charge in [0, 0.05) is 17.8 Å². The molecule has 1 N–H and O–H groups in total. The number of aryl methyl sites for hydroxylation is 1. The van der Waals surface area contributed by atoms with Gasteiger partial charge in [0.15, 0.2) is 0 Å². The molecule has 1 aliphatic carbocycles. The van der Waals surface area contributed by atoms with Gasteiger partial charge >= 0.3 is 5.97 Å². The minimum absolute atomic E-state index is 0.163. The number of thiocarbonyl (C=S) groups is 1. The quantitative estimate of drug-likeness (QED) is 0.256. The maximum atomic E-state index is 12.9. The van der Waals surface area contributed by atoms with Crippen LogP contribution in [0.15, 0.2) is 29.2 Å². The lowest BCUT2D eigenvalue weighted by Crippen LogP contribution is -2.29. The summed E-state index contributed by atoms with van der Waals surface area (Å²) in [6.45, 7) is 2.40. The normalized spacial score (nSPS) is 16.3. The molecule has 1 saturated heterocycles. The maximum Gasteiger partial charge on any atom is 0.341 e. The predicted molar refractivity (Wildman–Crippen MR) is 148 cm³/mol. The Labute approximate surface area is 224 Å². The van der Waals surface area contributed by atoms with Crippen molar-refractivity contribution in [2.75, 3.05) is 25.6 Å². The molecule has 4 rings (SSSR count). The number of amides is 2. The van der Waals surface area contributed by atoms with E-state index in [1.807, 2.05) is 24.3 Å². The average Bonchev–Trinajstić information content (AvgIpc) is 3.35. The SMILES string of the molecule is CCOC(=O)c1c(NC(=O)CCCN2C(=O)C(=Cc3cccc(OC)c3)SC2=S)sc2c1CCCC2. The number of carbonyl (C=O) groups excluding carboxylic acids is 3. The highest BCUT2D eigenvalue weighted by Crippen LogP contribution is 2.39. The standard InChI is InChI=1S/C26H28N2O5S3/c1-3-33-25(31)22-18-10-4-5-11-19(18)35-23(22)27-21(29)12-7-13-28-24(30)20(36-26(28)34)15-16-8-6-9-17(14-16)32-2/h6,8-9,14-15H,3-5,7,10-13H2,1-2H3,(H,27,29). The van der Waals surface area contributed by atoms with Crippen molar-refractivity contribution in [1.82, 2.24) is 4.90 Å². The van der Waals surface area contributed by atoms with Gasteiger partial charge in [-0.05, 0) is 68.4 Å². The van der Waals surface area contributed by atoms with Gasteiger partial charge in [-0.1, -0.05) is 36.1 Å². The first-order valence-corrected chi connectivity index (χ1v) is 14.0. The molecule has 2 aromatic rings. The molecule has 1 fully saturated rings. The lowest BCUT2D eigenvalue weighted by atomic mass is 9.95. The van der Waals surface area contributed by atoms with Crippen LogP contribution in [0.4, 0.5) is 5.00 Å². The highest BCUT2D eigenvalue weighted by Gasteiger charge is 2.32. The summed E-state index contributed by atoms with van der Waals surface area (Å²) in [6, 6.07) is 7.45. The molecule has 2 heterocycles. The molecule has 10 heteroatoms. The summed E-state index contributed by atoms with van der Waals surface area (Å²) in [5.41, 5.74) is 2.37. The topological polar surface area (TPSA) is 84.9 Å². The van der Waals surface area contributed by atoms with Crippen LogP contribution in [0.25, 0.3) is 6.08 Å². The fourth-order valence-corrected chi connectivity index (χ4v) is 6.84. The van der Waals surface area contributed by atoms with E-state index in [2.05, 4.69) is 5.32 Å². The zero-order valence-corrected chi connectivity index (χ0v) is 22.7. The number of benzene rings is 1. The number of thioether (sulfide) groups is 1. The number of fused-ring (bicyclic) bond motifs is 1. The van der Waals surface area contributed by atoms with Gasteiger partial charge in [0.05, 0.1) is 24.2 Å². The van der Waals surface area contributed by atoms with Crippen LogP contribution in [0.5, 0.6) is 5.75 Å². The Kier molecular flexibility index (Phi) is 8.81. The lowest BCUT2D eigenvalue weighted by molar-refractivity contribution is -0.122. The molecule has 0 unspecified atom stereocenters. The van der Waals surface area contributed by atoms with Crippen molar-refractivity contribution in [2.45, 2.75) is 45.4 Å². The lowest BCUT2D eigenvalue weighted by Gasteiger charge is -2.14. The van der Waals surface area contributed by atoms with Crippen LogP contribution in [0.1, 0.15) is 59.0 Å². The van der Waals surface area contributed by atoms with Crippen molar-refractivity contribution in [3.05, 3.63) is 50.7 Å². The number of hydrogen-bond acceptors (Lipinski definition) is 8. The van der Waals surface area contributed by atoms with Crippen LogP contribution < -0.4 is 10.1 Å². The van der Waals surface area contributed by atoms with E-state index in [0.29, 0.717) is 38.5 Å². The van der Waals surface area contributed by atoms with Crippen LogP contribution in [0.3, 0.4) is 0 Å². The summed E-state index contributed by atoms with van der Waals surface area (Å²) < 4.78 is 11.0. The first-order valence-electron chi connectivity index (χ1n) is 11.9. The summed E-state index contributed by atoms with van der Waals surface area (Å²) in [5, 5.41) is 3.49. The van der Waals surface area contributed by atoms with E-state index in [1.165, 1.54) is 28.0 Å². The zero-order valence-electron chi connectivity index (χ0n) is 20.3. The molecule has 7 nitrogen and oxygen atoms in total. The molecule has 0 spiro atoms. The molecule has 2 aliphatic rings. The number of thiophene rings is 1. The van der Waals surface area contributed by atoms with Crippen molar-refractivity contribution in [2.24, 2.45) is 0 Å². The molecule has 2 amide bonds. The van der Waals surface area contributed by atoms with Gasteiger partial charge < -0.3 is 14.8 Å². The summed E-state index contributed by atoms with van der Waals surface area (Å²) in [6.07, 6.45) is 6.30. The fourth-order valence-electron chi connectivity index (χ4n) is 4.24. The second kappa shape index (κ2) is 12.0. The Balaban J connectivity index is 1.36. The van der Waals surface area contributed by atoms with Crippen LogP contribution in [0.2, 0.25) is 0 Å². The number of hydrogen-bond donors (Lipinski definition) is 1. The molecular weight excluding hydrogens is 516 g/mol. The van der Waals surface area contributed by atoms with Gasteiger partial charge in [0.1, 0.15) is 15.1 Å². The summed E-state index contributed by atoms with van der Waals surface area (Å²) in [4.78, 5) is 41.5. The third-order valence-corrected chi connectivity index (χ3v) is 8.54. The van der Waals surface area contributed by atoms with Crippen molar-refractivity contribution >= 4 is 68.5 Å². The van der Waals surface area contributed by atoms with E-state index in [1.54, 1.807) is 20.1 Å². The average molecular weight is 545 g/mol. The highest BCUT2D eigenvalue weighted by atomic mass is 32.2. The van der Waals surface area contributed by atoms with Gasteiger partial charge in [-0.25, -0.2) is 4.79 Å². The Morgan fingerprint density at radius 3 is 2.83 bits per heavy atom. The first kappa shape index (κ1) is 26.4. The molecule has 0 atom stereocenters. The van der Waals surface area contributed by atoms with E-state index in [0.717, 1.165) is 41.7 Å². The fraction of sp³-hybridized carbons (Fsp3) is 0.385. The second-order valence-electron chi connectivity index (χ2n) is 8.40. The van der Waals surface area contributed by atoms with E-state index >= 15 is 0 Å². The smallest absolute Gasteiger partial charge is 0.341 e. The molecule has 190 valence electrons. The Hall–Kier alpha value is -2.69. The molecule has 0 saturated carbocycles. The predicted octanol–water partition coefficient (Wildman–Crippen LogP) is 5.43. The van der Waals surface area contributed by atoms with Gasteiger partial charge in [0.25, 0.3) is 5.91 Å². The number of rotatable bonds is 9. The minimum Gasteiger partial charge on any atom is -0.497 e. The maximum absolute atomic E-state index is 12.9. The number of nitrogens with one attached hydrogen (secondary N) is 1. The summed E-state index contributed by atoms with van der Waals surface area (Å²) in [5.74, 6) is -0.0317. The number of esters is 1. The van der Waals surface area contributed by atoms with Crippen molar-refractivity contribution < 1.29 is 23.9 Å². The summed E-state index contributed by atoms with van der Waals surface area (Å²) >= 11 is 8.14. The number of ether oxygens (including phenoxy) is 2. The van der Waals surface area contributed by atoms with Gasteiger partial charge in [0.2, 0.25) is 5.91 Å². The van der Waals surface area contributed by atoms with Crippen LogP contribution in [0, 0.1) is 0 Å². The third-order valence-electron chi connectivity index (χ3n) is 5.95. The van der Waals surface area contributed by atoms with Crippen LogP contribution >= 0.6 is 35.3 Å². The molecular formula is C26H28N2O5S3. The third kappa shape index (κ3) is 5.99. The largest absolute Gasteiger partial charge is 0.497 e. The number of methoxy groups -OCH3 is 1. The Morgan fingerprint density at radius 2 is 2.06 bits per heavy atom. The molecule has 36 heavy (non-hydrogen) atoms. The number of nitrogens with zero attached hydrogens (tertiary/aromatic N) is 1. The van der Waals surface area contributed by atoms with Gasteiger partial charge in [-0.2, -0.15) is 0 Å². The monoisotopic (exact) mass is 544 g/mol. The van der Waals surface area contributed by atoms with E-state index < -0.39 is 0 Å². The molecule has 1 aromatic carbocycles. The van der Waals surface area contributed by atoms with Crippen molar-refractivity contribution in [1.29, 1.82) is 0 Å². The summed E-state index contributed by atoms with van der Waals surface area (Å²) in [7, 11) is 1.60. The second-order valence-corrected chi connectivity index (χ2v) is 11.2. The Morgan fingerprint density at radius 1 is 1.25 bits per heavy atom. The first-order chi connectivity index (χ1) is 17.4. The van der Waals surface area contributed by atoms with Crippen molar-refractivity contribution in [3.8, 4) is 5.75 Å². The number of anilines is 1. The minimum atomic E-state index is -0.382. The zero-order chi connectivity index (χ0) is 25.7. The molecule has 1 aliphatic heterocycles. The molecule has 1 aromatic heterocycles. The van der Waals surface area contributed by atoms with Crippen LogP contribution in [-0.2, 0) is 27.2 Å². The number of carbonyl (C=O) groups is 3. The molecule has 0 bridgehead atoms. The highest BCUT2D eigenvalue weighted by molar-refractivity contribution is 8.26. The Bertz CT molecular complexity index is 1220. The van der Waals surface area contributed by atoms with Crippen LogP contribution in [-0.4, -0.2) is 47.3 Å². The van der Waals surface area contributed by atoms with Gasteiger partial charge in [-0.15, -0.1) is 11.3 Å². The van der Waals surface area contributed by atoms with E-state index in [9.17, 15) is 14.4 Å². The molecule has 0 radical (unpaired) electrons. The van der Waals surface area contributed by atoms with E-state index in [4.69, 9.17) is 21.7 Å².